The topological polar surface area (TPSA) is 72.8 Å². The first-order valence-corrected chi connectivity index (χ1v) is 4.78. The summed E-state index contributed by atoms with van der Waals surface area (Å²) in [4.78, 5) is 9.78. The van der Waals surface area contributed by atoms with Gasteiger partial charge in [0.05, 0.1) is 16.6 Å². The normalized spacial score (nSPS) is 10.8. The maximum absolute atomic E-state index is 10.9. The Labute approximate surface area is 75.4 Å². The quantitative estimate of drug-likeness (QED) is 0.687. The fourth-order valence-electron chi connectivity index (χ4n) is 0.791. The van der Waals surface area contributed by atoms with Crippen LogP contribution in [-0.4, -0.2) is 15.5 Å². The zero-order chi connectivity index (χ0) is 9.90. The van der Waals surface area contributed by atoms with Gasteiger partial charge < -0.3 is 4.74 Å². The molecule has 5 nitrogen and oxygen atoms in total. The van der Waals surface area contributed by atoms with Gasteiger partial charge in [0.1, 0.15) is 5.75 Å². The van der Waals surface area contributed by atoms with E-state index in [4.69, 9.17) is 4.74 Å². The molecule has 0 fully saturated rings. The molecule has 1 rings (SSSR count). The fourth-order valence-corrected chi connectivity index (χ4v) is 1.36. The highest BCUT2D eigenvalue weighted by Gasteiger charge is 2.13. The highest BCUT2D eigenvalue weighted by atomic mass is 32.2. The molecule has 0 unspecified atom stereocenters. The SMILES string of the molecule is COc1ccc(S(=O)(=O)N=O)cc1. The Morgan fingerprint density at radius 3 is 2.15 bits per heavy atom. The number of rotatable bonds is 3. The van der Waals surface area contributed by atoms with Crippen LogP contribution >= 0.6 is 0 Å². The molecule has 0 aliphatic carbocycles. The molecule has 0 radical (unpaired) electrons. The smallest absolute Gasteiger partial charge is 0.316 e. The maximum Gasteiger partial charge on any atom is 0.316 e. The second kappa shape index (κ2) is 3.53. The molecule has 0 saturated carbocycles. The Morgan fingerprint density at radius 2 is 1.77 bits per heavy atom. The van der Waals surface area contributed by atoms with Gasteiger partial charge in [0.2, 0.25) is 0 Å². The average Bonchev–Trinajstić information content (AvgIpc) is 2.18. The van der Waals surface area contributed by atoms with Gasteiger partial charge in [0, 0.05) is 0 Å². The third kappa shape index (κ3) is 2.03. The summed E-state index contributed by atoms with van der Waals surface area (Å²) in [6.45, 7) is 0. The molecule has 1 aromatic rings. The summed E-state index contributed by atoms with van der Waals surface area (Å²) >= 11 is 0. The fraction of sp³-hybridized carbons (Fsp3) is 0.143. The van der Waals surface area contributed by atoms with E-state index in [1.165, 1.54) is 31.4 Å². The number of nitrogens with zero attached hydrogens (tertiary/aromatic N) is 1. The third-order valence-corrected chi connectivity index (χ3v) is 2.52. The first-order valence-electron chi connectivity index (χ1n) is 3.34. The predicted molar refractivity (Wildman–Crippen MR) is 46.0 cm³/mol. The number of benzene rings is 1. The van der Waals surface area contributed by atoms with Crippen LogP contribution in [0.1, 0.15) is 0 Å². The summed E-state index contributed by atoms with van der Waals surface area (Å²) in [6.07, 6.45) is 0. The minimum absolute atomic E-state index is 0.136. The van der Waals surface area contributed by atoms with Crippen molar-refractivity contribution in [2.45, 2.75) is 4.90 Å². The number of hydrogen-bond donors (Lipinski definition) is 0. The van der Waals surface area contributed by atoms with E-state index in [-0.39, 0.29) is 4.90 Å². The average molecular weight is 201 g/mol. The Hall–Kier alpha value is -1.43. The van der Waals surface area contributed by atoms with Gasteiger partial charge >= 0.3 is 10.0 Å². The van der Waals surface area contributed by atoms with Crippen LogP contribution in [0.3, 0.4) is 0 Å². The summed E-state index contributed by atoms with van der Waals surface area (Å²) in [5.41, 5.74) is 0. The molecule has 0 atom stereocenters. The summed E-state index contributed by atoms with van der Waals surface area (Å²) in [5, 5.41) is 0. The minimum atomic E-state index is -4.01. The summed E-state index contributed by atoms with van der Waals surface area (Å²) in [7, 11) is -2.55. The van der Waals surface area contributed by atoms with Crippen molar-refractivity contribution < 1.29 is 13.2 Å². The molecule has 70 valence electrons. The van der Waals surface area contributed by atoms with E-state index in [0.29, 0.717) is 5.75 Å². The zero-order valence-corrected chi connectivity index (χ0v) is 7.61. The largest absolute Gasteiger partial charge is 0.497 e. The van der Waals surface area contributed by atoms with Gasteiger partial charge in [-0.05, 0) is 24.3 Å². The van der Waals surface area contributed by atoms with Crippen LogP contribution in [0.15, 0.2) is 33.7 Å². The molecule has 13 heavy (non-hydrogen) atoms. The lowest BCUT2D eigenvalue weighted by atomic mass is 10.3. The maximum atomic E-state index is 10.9. The molecular weight excluding hydrogens is 194 g/mol. The van der Waals surface area contributed by atoms with Crippen molar-refractivity contribution in [3.05, 3.63) is 29.2 Å². The summed E-state index contributed by atoms with van der Waals surface area (Å²) in [5.74, 6) is 0.518. The van der Waals surface area contributed by atoms with Crippen LogP contribution in [0.4, 0.5) is 0 Å². The van der Waals surface area contributed by atoms with Crippen LogP contribution in [0.5, 0.6) is 5.75 Å². The Balaban J connectivity index is 3.13. The summed E-state index contributed by atoms with van der Waals surface area (Å²) in [6, 6.07) is 5.40. The molecular formula is C7H7NO4S. The Morgan fingerprint density at radius 1 is 1.23 bits per heavy atom. The Kier molecular flexibility index (Phi) is 2.62. The van der Waals surface area contributed by atoms with Crippen molar-refractivity contribution in [1.29, 1.82) is 0 Å². The van der Waals surface area contributed by atoms with E-state index in [0.717, 1.165) is 0 Å². The number of hydrogen-bond acceptors (Lipinski definition) is 4. The second-order valence-electron chi connectivity index (χ2n) is 2.23. The molecule has 0 N–H and O–H groups in total. The van der Waals surface area contributed by atoms with E-state index in [1.54, 1.807) is 0 Å². The van der Waals surface area contributed by atoms with Crippen molar-refractivity contribution in [3.8, 4) is 5.75 Å². The lowest BCUT2D eigenvalue weighted by molar-refractivity contribution is 0.414. The van der Waals surface area contributed by atoms with Crippen molar-refractivity contribution in [3.63, 3.8) is 0 Å². The molecule has 0 amide bonds. The molecule has 0 aliphatic rings. The monoisotopic (exact) mass is 201 g/mol. The van der Waals surface area contributed by atoms with E-state index in [9.17, 15) is 13.3 Å². The number of methoxy groups -OCH3 is 1. The van der Waals surface area contributed by atoms with E-state index in [2.05, 4.69) is 0 Å². The van der Waals surface area contributed by atoms with Crippen molar-refractivity contribution in [1.82, 2.24) is 0 Å². The van der Waals surface area contributed by atoms with Gasteiger partial charge in [-0.2, -0.15) is 8.42 Å². The van der Waals surface area contributed by atoms with Crippen LogP contribution in [-0.2, 0) is 10.0 Å². The molecule has 0 aliphatic heterocycles. The van der Waals surface area contributed by atoms with Crippen LogP contribution < -0.4 is 4.74 Å². The van der Waals surface area contributed by atoms with Gasteiger partial charge in [-0.25, -0.2) is 0 Å². The second-order valence-corrected chi connectivity index (χ2v) is 3.80. The zero-order valence-electron chi connectivity index (χ0n) is 6.80. The number of sulfonamides is 1. The molecule has 0 bridgehead atoms. The summed E-state index contributed by atoms with van der Waals surface area (Å²) < 4.78 is 28.6. The van der Waals surface area contributed by atoms with Crippen LogP contribution in [0.25, 0.3) is 0 Å². The van der Waals surface area contributed by atoms with E-state index < -0.39 is 10.0 Å². The first-order chi connectivity index (χ1) is 6.10. The molecule has 0 aromatic heterocycles. The third-order valence-electron chi connectivity index (χ3n) is 1.46. The molecule has 6 heteroatoms. The molecule has 0 heterocycles. The van der Waals surface area contributed by atoms with Crippen molar-refractivity contribution >= 4 is 10.0 Å². The van der Waals surface area contributed by atoms with Crippen LogP contribution in [0.2, 0.25) is 0 Å². The highest BCUT2D eigenvalue weighted by Crippen LogP contribution is 2.16. The highest BCUT2D eigenvalue weighted by molar-refractivity contribution is 7.90. The Bertz CT molecular complexity index is 395. The van der Waals surface area contributed by atoms with Crippen LogP contribution in [0, 0.1) is 4.91 Å². The van der Waals surface area contributed by atoms with E-state index in [1.807, 2.05) is 4.58 Å². The molecule has 0 spiro atoms. The van der Waals surface area contributed by atoms with Crippen molar-refractivity contribution in [2.24, 2.45) is 4.58 Å². The lowest BCUT2D eigenvalue weighted by Crippen LogP contribution is -1.94. The standard InChI is InChI=1S/C7H7NO4S/c1-12-6-2-4-7(5-3-6)13(10,11)8-9/h2-5H,1H3. The van der Waals surface area contributed by atoms with Gasteiger partial charge in [0.15, 0.2) is 0 Å². The number of ether oxygens (including phenoxy) is 1. The molecule has 1 aromatic carbocycles. The lowest BCUT2D eigenvalue weighted by Gasteiger charge is -1.99. The van der Waals surface area contributed by atoms with Gasteiger partial charge in [0.25, 0.3) is 0 Å². The van der Waals surface area contributed by atoms with Gasteiger partial charge in [-0.3, -0.25) is 0 Å². The van der Waals surface area contributed by atoms with Gasteiger partial charge in [-0.15, -0.1) is 4.91 Å². The first kappa shape index (κ1) is 9.66. The molecule has 0 saturated heterocycles. The minimum Gasteiger partial charge on any atom is -0.497 e. The van der Waals surface area contributed by atoms with Gasteiger partial charge in [-0.1, -0.05) is 0 Å². The van der Waals surface area contributed by atoms with E-state index >= 15 is 0 Å². The number of nitroso groups, excluding NO2 is 1. The van der Waals surface area contributed by atoms with Crippen molar-refractivity contribution in [2.75, 3.05) is 7.11 Å². The predicted octanol–water partition coefficient (Wildman–Crippen LogP) is 1.15.